The van der Waals surface area contributed by atoms with Gasteiger partial charge in [0.15, 0.2) is 5.78 Å². The lowest BCUT2D eigenvalue weighted by molar-refractivity contribution is -0.117. The molecule has 0 bridgehead atoms. The Bertz CT molecular complexity index is 1130. The molecule has 0 saturated carbocycles. The van der Waals surface area contributed by atoms with E-state index in [-0.39, 0.29) is 17.6 Å². The molecule has 2 atom stereocenters. The van der Waals surface area contributed by atoms with Crippen LogP contribution in [0.5, 0.6) is 0 Å². The second-order valence-corrected chi connectivity index (χ2v) is 8.76. The standard InChI is InChI=1S/C25H22N2O2S/c1-16(28)27-21-11-6-5-10-19(21)26-20-14-18(17-8-3-2-4-9-17)15-22(29)24(20)25(27)23-12-7-13-30-23/h2-13,18,25-26H,14-15H2,1H3/t18-,25-/m1/s1. The number of allylic oxidation sites excluding steroid dienone is 1. The number of carbonyl (C=O) groups excluding carboxylic acids is 2. The Kier molecular flexibility index (Phi) is 4.75. The normalized spacial score (nSPS) is 20.8. The van der Waals surface area contributed by atoms with Gasteiger partial charge in [0.05, 0.1) is 11.4 Å². The van der Waals surface area contributed by atoms with Gasteiger partial charge in [-0.1, -0.05) is 48.5 Å². The van der Waals surface area contributed by atoms with Crippen molar-refractivity contribution in [2.24, 2.45) is 0 Å². The molecule has 1 aliphatic heterocycles. The predicted octanol–water partition coefficient (Wildman–Crippen LogP) is 5.67. The van der Waals surface area contributed by atoms with Crippen molar-refractivity contribution < 1.29 is 9.59 Å². The van der Waals surface area contributed by atoms with Gasteiger partial charge in [0.2, 0.25) is 5.91 Å². The van der Waals surface area contributed by atoms with Gasteiger partial charge in [-0.2, -0.15) is 0 Å². The van der Waals surface area contributed by atoms with E-state index in [0.29, 0.717) is 6.42 Å². The van der Waals surface area contributed by atoms with E-state index in [1.807, 2.05) is 60.0 Å². The SMILES string of the molecule is CC(=O)N1c2ccccc2NC2=C(C(=O)C[C@H](c3ccccc3)C2)[C@H]1c1cccs1. The average molecular weight is 415 g/mol. The van der Waals surface area contributed by atoms with Crippen LogP contribution in [-0.2, 0) is 9.59 Å². The maximum absolute atomic E-state index is 13.6. The van der Waals surface area contributed by atoms with Crippen LogP contribution < -0.4 is 10.2 Å². The van der Waals surface area contributed by atoms with E-state index in [2.05, 4.69) is 17.4 Å². The average Bonchev–Trinajstić information content (AvgIpc) is 3.23. The minimum Gasteiger partial charge on any atom is -0.357 e. The summed E-state index contributed by atoms with van der Waals surface area (Å²) in [7, 11) is 0. The van der Waals surface area contributed by atoms with Gasteiger partial charge in [0.1, 0.15) is 6.04 Å². The number of nitrogens with zero attached hydrogens (tertiary/aromatic N) is 1. The maximum atomic E-state index is 13.6. The number of amides is 1. The molecule has 0 radical (unpaired) electrons. The smallest absolute Gasteiger partial charge is 0.224 e. The fraction of sp³-hybridized carbons (Fsp3) is 0.200. The fourth-order valence-electron chi connectivity index (χ4n) is 4.62. The minimum absolute atomic E-state index is 0.0746. The first kappa shape index (κ1) is 18.8. The van der Waals surface area contributed by atoms with E-state index in [1.54, 1.807) is 23.2 Å². The molecule has 1 aliphatic carbocycles. The third kappa shape index (κ3) is 3.15. The van der Waals surface area contributed by atoms with Crippen LogP contribution in [0.2, 0.25) is 0 Å². The molecule has 1 N–H and O–H groups in total. The van der Waals surface area contributed by atoms with E-state index in [9.17, 15) is 9.59 Å². The first-order valence-electron chi connectivity index (χ1n) is 10.1. The van der Waals surface area contributed by atoms with Crippen LogP contribution >= 0.6 is 11.3 Å². The molecule has 5 rings (SSSR count). The molecule has 2 heterocycles. The summed E-state index contributed by atoms with van der Waals surface area (Å²) >= 11 is 1.58. The Morgan fingerprint density at radius 1 is 1.00 bits per heavy atom. The second-order valence-electron chi connectivity index (χ2n) is 7.78. The van der Waals surface area contributed by atoms with Gasteiger partial charge in [-0.15, -0.1) is 11.3 Å². The maximum Gasteiger partial charge on any atom is 0.224 e. The highest BCUT2D eigenvalue weighted by Crippen LogP contribution is 2.48. The van der Waals surface area contributed by atoms with Crippen LogP contribution in [0.4, 0.5) is 11.4 Å². The summed E-state index contributed by atoms with van der Waals surface area (Å²) in [5.74, 6) is 0.161. The molecule has 0 spiro atoms. The number of para-hydroxylation sites is 2. The largest absolute Gasteiger partial charge is 0.357 e. The number of anilines is 2. The van der Waals surface area contributed by atoms with E-state index in [4.69, 9.17) is 0 Å². The summed E-state index contributed by atoms with van der Waals surface area (Å²) in [5, 5.41) is 5.54. The van der Waals surface area contributed by atoms with Gasteiger partial charge in [-0.25, -0.2) is 0 Å². The molecule has 0 saturated heterocycles. The molecular weight excluding hydrogens is 392 g/mol. The predicted molar refractivity (Wildman–Crippen MR) is 121 cm³/mol. The number of rotatable bonds is 2. The van der Waals surface area contributed by atoms with Crippen molar-refractivity contribution in [2.75, 3.05) is 10.2 Å². The number of hydrogen-bond acceptors (Lipinski definition) is 4. The lowest BCUT2D eigenvalue weighted by Gasteiger charge is -2.33. The lowest BCUT2D eigenvalue weighted by atomic mass is 9.79. The van der Waals surface area contributed by atoms with E-state index < -0.39 is 6.04 Å². The number of ketones is 1. The topological polar surface area (TPSA) is 49.4 Å². The summed E-state index contributed by atoms with van der Waals surface area (Å²) in [6.45, 7) is 1.57. The zero-order valence-corrected chi connectivity index (χ0v) is 17.5. The highest BCUT2D eigenvalue weighted by atomic mass is 32.1. The van der Waals surface area contributed by atoms with Crippen molar-refractivity contribution in [2.45, 2.75) is 31.7 Å². The molecular formula is C25H22N2O2S. The van der Waals surface area contributed by atoms with Gasteiger partial charge in [-0.05, 0) is 41.5 Å². The van der Waals surface area contributed by atoms with Crippen LogP contribution in [-0.4, -0.2) is 11.7 Å². The molecule has 150 valence electrons. The summed E-state index contributed by atoms with van der Waals surface area (Å²) in [6, 6.07) is 21.6. The fourth-order valence-corrected chi connectivity index (χ4v) is 5.44. The van der Waals surface area contributed by atoms with Crippen LogP contribution in [0.3, 0.4) is 0 Å². The van der Waals surface area contributed by atoms with Crippen LogP contribution in [0.15, 0.2) is 83.4 Å². The summed E-state index contributed by atoms with van der Waals surface area (Å²) in [4.78, 5) is 29.2. The van der Waals surface area contributed by atoms with Crippen molar-refractivity contribution in [3.8, 4) is 0 Å². The molecule has 1 amide bonds. The van der Waals surface area contributed by atoms with E-state index in [0.717, 1.165) is 33.9 Å². The van der Waals surface area contributed by atoms with Crippen LogP contribution in [0.25, 0.3) is 0 Å². The number of nitrogens with one attached hydrogen (secondary N) is 1. The molecule has 0 unspecified atom stereocenters. The number of benzene rings is 2. The van der Waals surface area contributed by atoms with Gasteiger partial charge in [0.25, 0.3) is 0 Å². The molecule has 1 aromatic heterocycles. The number of fused-ring (bicyclic) bond motifs is 1. The van der Waals surface area contributed by atoms with Crippen molar-refractivity contribution in [3.63, 3.8) is 0 Å². The molecule has 0 fully saturated rings. The first-order chi connectivity index (χ1) is 14.6. The highest BCUT2D eigenvalue weighted by Gasteiger charge is 2.41. The van der Waals surface area contributed by atoms with Crippen LogP contribution in [0.1, 0.15) is 42.2 Å². The zero-order chi connectivity index (χ0) is 20.7. The van der Waals surface area contributed by atoms with Crippen molar-refractivity contribution in [3.05, 3.63) is 93.8 Å². The molecule has 2 aliphatic rings. The van der Waals surface area contributed by atoms with Crippen molar-refractivity contribution >= 4 is 34.4 Å². The lowest BCUT2D eigenvalue weighted by Crippen LogP contribution is -2.36. The second kappa shape index (κ2) is 7.58. The number of hydrogen-bond donors (Lipinski definition) is 1. The Morgan fingerprint density at radius 2 is 1.77 bits per heavy atom. The minimum atomic E-state index is -0.405. The van der Waals surface area contributed by atoms with Crippen molar-refractivity contribution in [1.29, 1.82) is 0 Å². The van der Waals surface area contributed by atoms with Gasteiger partial charge in [0, 0.05) is 29.5 Å². The summed E-state index contributed by atoms with van der Waals surface area (Å²) in [5.41, 5.74) is 4.49. The quantitative estimate of drug-likeness (QED) is 0.588. The third-order valence-corrected chi connectivity index (χ3v) is 6.84. The third-order valence-electron chi connectivity index (χ3n) is 5.91. The zero-order valence-electron chi connectivity index (χ0n) is 16.7. The monoisotopic (exact) mass is 414 g/mol. The summed E-state index contributed by atoms with van der Waals surface area (Å²) in [6.07, 6.45) is 1.20. The summed E-state index contributed by atoms with van der Waals surface area (Å²) < 4.78 is 0. The van der Waals surface area contributed by atoms with Gasteiger partial charge in [-0.3, -0.25) is 14.5 Å². The van der Waals surface area contributed by atoms with Crippen LogP contribution in [0, 0.1) is 0 Å². The van der Waals surface area contributed by atoms with E-state index in [1.165, 1.54) is 5.56 Å². The Balaban J connectivity index is 1.69. The van der Waals surface area contributed by atoms with E-state index >= 15 is 0 Å². The number of carbonyl (C=O) groups is 2. The van der Waals surface area contributed by atoms with Gasteiger partial charge >= 0.3 is 0 Å². The highest BCUT2D eigenvalue weighted by molar-refractivity contribution is 7.10. The Labute approximate surface area is 179 Å². The molecule has 3 aromatic rings. The number of thiophene rings is 1. The van der Waals surface area contributed by atoms with Crippen molar-refractivity contribution in [1.82, 2.24) is 0 Å². The first-order valence-corrected chi connectivity index (χ1v) is 11.0. The van der Waals surface area contributed by atoms with Gasteiger partial charge < -0.3 is 5.32 Å². The molecule has 4 nitrogen and oxygen atoms in total. The molecule has 5 heteroatoms. The Hall–Kier alpha value is -3.18. The molecule has 2 aromatic carbocycles. The molecule has 30 heavy (non-hydrogen) atoms. The Morgan fingerprint density at radius 3 is 2.50 bits per heavy atom. The number of Topliss-reactive ketones (excluding diaryl/α,β-unsaturated/α-hetero) is 1.